The third-order valence-electron chi connectivity index (χ3n) is 2.17. The zero-order chi connectivity index (χ0) is 13.0. The van der Waals surface area contributed by atoms with E-state index in [1.165, 1.54) is 12.1 Å². The first-order valence-corrected chi connectivity index (χ1v) is 5.41. The summed E-state index contributed by atoms with van der Waals surface area (Å²) in [5.41, 5.74) is 10.9. The van der Waals surface area contributed by atoms with Gasteiger partial charge in [0.25, 0.3) is 5.91 Å². The average molecular weight is 256 g/mol. The molecule has 92 valence electrons. The second-order valence-electron chi connectivity index (χ2n) is 3.43. The normalized spacial score (nSPS) is 11.9. The first-order chi connectivity index (χ1) is 7.95. The van der Waals surface area contributed by atoms with Gasteiger partial charge in [-0.2, -0.15) is 0 Å². The summed E-state index contributed by atoms with van der Waals surface area (Å²) in [5, 5.41) is 0. The predicted molar refractivity (Wildman–Crippen MR) is 66.2 cm³/mol. The van der Waals surface area contributed by atoms with Gasteiger partial charge in [-0.15, -0.1) is 0 Å². The molecule has 1 amide bonds. The summed E-state index contributed by atoms with van der Waals surface area (Å²) >= 11 is 4.71. The van der Waals surface area contributed by atoms with Gasteiger partial charge in [-0.1, -0.05) is 19.1 Å². The molecule has 0 radical (unpaired) electrons. The summed E-state index contributed by atoms with van der Waals surface area (Å²) in [6, 6.07) is 4.05. The first-order valence-electron chi connectivity index (χ1n) is 5.01. The second-order valence-corrected chi connectivity index (χ2v) is 3.87. The van der Waals surface area contributed by atoms with Gasteiger partial charge in [0.2, 0.25) is 0 Å². The lowest BCUT2D eigenvalue weighted by atomic mass is 10.2. The number of thiocarbonyl (C=S) groups is 1. The second kappa shape index (κ2) is 5.58. The van der Waals surface area contributed by atoms with E-state index >= 15 is 0 Å². The van der Waals surface area contributed by atoms with Crippen molar-refractivity contribution in [1.82, 2.24) is 0 Å². The van der Waals surface area contributed by atoms with Crippen molar-refractivity contribution >= 4 is 23.1 Å². The third-order valence-corrected chi connectivity index (χ3v) is 2.41. The predicted octanol–water partition coefficient (Wildman–Crippen LogP) is 1.10. The van der Waals surface area contributed by atoms with Crippen molar-refractivity contribution < 1.29 is 13.9 Å². The Hall–Kier alpha value is -1.69. The molecule has 0 aliphatic carbocycles. The van der Waals surface area contributed by atoms with Crippen LogP contribution < -0.4 is 16.2 Å². The molecular weight excluding hydrogens is 243 g/mol. The van der Waals surface area contributed by atoms with Crippen LogP contribution in [-0.4, -0.2) is 17.0 Å². The standard InChI is InChI=1S/C11H13FN2O2S/c1-2-8(10(13)15)16-9-4-3-6(11(14)17)5-7(9)12/h3-5,8H,2H2,1H3,(H2,13,15)(H2,14,17). The van der Waals surface area contributed by atoms with E-state index in [4.69, 9.17) is 28.4 Å². The van der Waals surface area contributed by atoms with E-state index in [0.29, 0.717) is 12.0 Å². The molecule has 0 aliphatic heterocycles. The number of nitrogens with two attached hydrogens (primary N) is 2. The van der Waals surface area contributed by atoms with Gasteiger partial charge in [0.1, 0.15) is 4.99 Å². The van der Waals surface area contributed by atoms with Crippen molar-refractivity contribution in [3.63, 3.8) is 0 Å². The van der Waals surface area contributed by atoms with Gasteiger partial charge >= 0.3 is 0 Å². The number of carbonyl (C=O) groups is 1. The largest absolute Gasteiger partial charge is 0.478 e. The van der Waals surface area contributed by atoms with Gasteiger partial charge in [0.15, 0.2) is 17.7 Å². The van der Waals surface area contributed by atoms with Crippen molar-refractivity contribution in [3.8, 4) is 5.75 Å². The van der Waals surface area contributed by atoms with Crippen LogP contribution in [0, 0.1) is 5.82 Å². The lowest BCUT2D eigenvalue weighted by Gasteiger charge is -2.14. The summed E-state index contributed by atoms with van der Waals surface area (Å²) in [6.45, 7) is 1.72. The zero-order valence-corrected chi connectivity index (χ0v) is 10.1. The van der Waals surface area contributed by atoms with Crippen molar-refractivity contribution in [3.05, 3.63) is 29.6 Å². The van der Waals surface area contributed by atoms with Gasteiger partial charge in [0.05, 0.1) is 0 Å². The molecule has 4 nitrogen and oxygen atoms in total. The number of primary amides is 1. The van der Waals surface area contributed by atoms with Crippen LogP contribution in [-0.2, 0) is 4.79 Å². The molecule has 0 saturated carbocycles. The molecule has 0 saturated heterocycles. The third kappa shape index (κ3) is 3.39. The van der Waals surface area contributed by atoms with Crippen molar-refractivity contribution in [1.29, 1.82) is 0 Å². The molecule has 0 heterocycles. The fourth-order valence-electron chi connectivity index (χ4n) is 1.25. The number of rotatable bonds is 5. The smallest absolute Gasteiger partial charge is 0.258 e. The van der Waals surface area contributed by atoms with Crippen molar-refractivity contribution in [2.75, 3.05) is 0 Å². The molecule has 4 N–H and O–H groups in total. The maximum Gasteiger partial charge on any atom is 0.258 e. The minimum absolute atomic E-state index is 0.0457. The Kier molecular flexibility index (Phi) is 4.39. The maximum absolute atomic E-state index is 13.6. The Morgan fingerprint density at radius 1 is 1.53 bits per heavy atom. The van der Waals surface area contributed by atoms with Crippen LogP contribution in [0.1, 0.15) is 18.9 Å². The molecule has 17 heavy (non-hydrogen) atoms. The summed E-state index contributed by atoms with van der Waals surface area (Å²) in [7, 11) is 0. The minimum Gasteiger partial charge on any atom is -0.478 e. The van der Waals surface area contributed by atoms with E-state index in [1.54, 1.807) is 6.92 Å². The fourth-order valence-corrected chi connectivity index (χ4v) is 1.37. The van der Waals surface area contributed by atoms with E-state index in [0.717, 1.165) is 6.07 Å². The highest BCUT2D eigenvalue weighted by Gasteiger charge is 2.17. The highest BCUT2D eigenvalue weighted by Crippen LogP contribution is 2.20. The van der Waals surface area contributed by atoms with E-state index in [1.807, 2.05) is 0 Å². The van der Waals surface area contributed by atoms with Crippen LogP contribution in [0.25, 0.3) is 0 Å². The number of halogens is 1. The fraction of sp³-hybridized carbons (Fsp3) is 0.273. The van der Waals surface area contributed by atoms with Crippen LogP contribution in [0.2, 0.25) is 0 Å². The number of hydrogen-bond acceptors (Lipinski definition) is 3. The Labute approximate surface area is 104 Å². The van der Waals surface area contributed by atoms with Gasteiger partial charge in [-0.3, -0.25) is 4.79 Å². The lowest BCUT2D eigenvalue weighted by Crippen LogP contribution is -2.33. The molecule has 6 heteroatoms. The highest BCUT2D eigenvalue weighted by atomic mass is 32.1. The number of carbonyl (C=O) groups excluding carboxylic acids is 1. The van der Waals surface area contributed by atoms with E-state index < -0.39 is 17.8 Å². The monoisotopic (exact) mass is 256 g/mol. The molecule has 1 unspecified atom stereocenters. The van der Waals surface area contributed by atoms with E-state index in [9.17, 15) is 9.18 Å². The van der Waals surface area contributed by atoms with Crippen LogP contribution in [0.3, 0.4) is 0 Å². The summed E-state index contributed by atoms with van der Waals surface area (Å²) in [6.07, 6.45) is -0.480. The van der Waals surface area contributed by atoms with Gasteiger partial charge in [0, 0.05) is 5.56 Å². The quantitative estimate of drug-likeness (QED) is 0.773. The van der Waals surface area contributed by atoms with Crippen molar-refractivity contribution in [2.45, 2.75) is 19.4 Å². The molecule has 1 rings (SSSR count). The number of hydrogen-bond donors (Lipinski definition) is 2. The summed E-state index contributed by atoms with van der Waals surface area (Å²) < 4.78 is 18.7. The molecule has 0 aliphatic rings. The van der Waals surface area contributed by atoms with Crippen LogP contribution in [0.4, 0.5) is 4.39 Å². The molecule has 1 aromatic rings. The minimum atomic E-state index is -0.847. The summed E-state index contributed by atoms with van der Waals surface area (Å²) in [5.74, 6) is -1.31. The van der Waals surface area contributed by atoms with E-state index in [-0.39, 0.29) is 10.7 Å². The molecule has 1 aromatic carbocycles. The summed E-state index contributed by atoms with van der Waals surface area (Å²) in [4.78, 5) is 11.1. The zero-order valence-electron chi connectivity index (χ0n) is 9.27. The van der Waals surface area contributed by atoms with E-state index in [2.05, 4.69) is 0 Å². The number of benzene rings is 1. The molecular formula is C11H13FN2O2S. The van der Waals surface area contributed by atoms with Gasteiger partial charge in [-0.05, 0) is 24.6 Å². The molecule has 0 fully saturated rings. The SMILES string of the molecule is CCC(Oc1ccc(C(N)=S)cc1F)C(N)=O. The topological polar surface area (TPSA) is 78.3 Å². The first kappa shape index (κ1) is 13.4. The number of amides is 1. The Morgan fingerprint density at radius 3 is 2.59 bits per heavy atom. The molecule has 1 atom stereocenters. The molecule has 0 bridgehead atoms. The van der Waals surface area contributed by atoms with Crippen LogP contribution >= 0.6 is 12.2 Å². The Morgan fingerprint density at radius 2 is 2.18 bits per heavy atom. The van der Waals surface area contributed by atoms with Crippen molar-refractivity contribution in [2.24, 2.45) is 11.5 Å². The average Bonchev–Trinajstić information content (AvgIpc) is 2.26. The number of ether oxygens (including phenoxy) is 1. The molecule has 0 spiro atoms. The Bertz CT molecular complexity index is 451. The van der Waals surface area contributed by atoms with Crippen LogP contribution in [0.15, 0.2) is 18.2 Å². The Balaban J connectivity index is 2.93. The van der Waals surface area contributed by atoms with Gasteiger partial charge in [-0.25, -0.2) is 4.39 Å². The lowest BCUT2D eigenvalue weighted by molar-refractivity contribution is -0.124. The highest BCUT2D eigenvalue weighted by molar-refractivity contribution is 7.80. The maximum atomic E-state index is 13.6. The van der Waals surface area contributed by atoms with Crippen LogP contribution in [0.5, 0.6) is 5.75 Å². The molecule has 0 aromatic heterocycles. The van der Waals surface area contributed by atoms with Gasteiger partial charge < -0.3 is 16.2 Å².